The molecule has 4 nitrogen and oxygen atoms in total. The van der Waals surface area contributed by atoms with Crippen LogP contribution in [0.3, 0.4) is 0 Å². The third-order valence-corrected chi connectivity index (χ3v) is 4.68. The number of aliphatic hydroxyl groups excluding tert-OH is 1. The van der Waals surface area contributed by atoms with Crippen molar-refractivity contribution in [2.45, 2.75) is 32.3 Å². The van der Waals surface area contributed by atoms with Crippen molar-refractivity contribution >= 4 is 6.09 Å². The molecule has 0 heterocycles. The van der Waals surface area contributed by atoms with Crippen molar-refractivity contribution in [3.8, 4) is 11.1 Å². The number of benzene rings is 2. The summed E-state index contributed by atoms with van der Waals surface area (Å²) in [5, 5.41) is 12.2. The van der Waals surface area contributed by atoms with Crippen LogP contribution in [0.1, 0.15) is 37.3 Å². The monoisotopic (exact) mass is 339 g/mol. The minimum Gasteiger partial charge on any atom is -0.449 e. The summed E-state index contributed by atoms with van der Waals surface area (Å²) in [5.74, 6) is 0.286. The first-order chi connectivity index (χ1) is 12.1. The summed E-state index contributed by atoms with van der Waals surface area (Å²) < 4.78 is 5.48. The van der Waals surface area contributed by atoms with Crippen LogP contribution >= 0.6 is 0 Å². The number of hydrogen-bond donors (Lipinski definition) is 2. The Hall–Kier alpha value is -2.33. The van der Waals surface area contributed by atoms with Crippen LogP contribution in [0.4, 0.5) is 4.79 Å². The lowest BCUT2D eigenvalue weighted by Gasteiger charge is -2.16. The van der Waals surface area contributed by atoms with Crippen molar-refractivity contribution < 1.29 is 14.6 Å². The van der Waals surface area contributed by atoms with Crippen LogP contribution in [0.5, 0.6) is 0 Å². The standard InChI is InChI=1S/C21H25NO3/c1-14(11-15(2)23)12-22-21(24)25-13-20-18-9-5-3-7-16(18)17-8-4-6-10-19(17)20/h3-10,14-15,20,23H,11-13H2,1-2H3,(H,22,24). The first-order valence-corrected chi connectivity index (χ1v) is 8.83. The molecule has 132 valence electrons. The van der Waals surface area contributed by atoms with E-state index in [4.69, 9.17) is 4.74 Å². The van der Waals surface area contributed by atoms with Crippen molar-refractivity contribution in [2.24, 2.45) is 5.92 Å². The maximum absolute atomic E-state index is 12.0. The molecule has 0 aromatic heterocycles. The van der Waals surface area contributed by atoms with E-state index in [1.54, 1.807) is 6.92 Å². The van der Waals surface area contributed by atoms with E-state index >= 15 is 0 Å². The second-order valence-electron chi connectivity index (χ2n) is 6.90. The SMILES string of the molecule is CC(O)CC(C)CNC(=O)OCC1c2ccccc2-c2ccccc21. The van der Waals surface area contributed by atoms with Gasteiger partial charge in [-0.15, -0.1) is 0 Å². The number of amides is 1. The van der Waals surface area contributed by atoms with Gasteiger partial charge in [-0.1, -0.05) is 55.5 Å². The predicted octanol–water partition coefficient (Wildman–Crippen LogP) is 3.93. The van der Waals surface area contributed by atoms with E-state index in [-0.39, 0.29) is 17.9 Å². The molecule has 2 aromatic rings. The summed E-state index contributed by atoms with van der Waals surface area (Å²) in [7, 11) is 0. The van der Waals surface area contributed by atoms with Crippen LogP contribution in [0.15, 0.2) is 48.5 Å². The number of alkyl carbamates (subject to hydrolysis) is 1. The predicted molar refractivity (Wildman–Crippen MR) is 98.5 cm³/mol. The highest BCUT2D eigenvalue weighted by Crippen LogP contribution is 2.44. The van der Waals surface area contributed by atoms with Crippen LogP contribution in [0, 0.1) is 5.92 Å². The molecule has 0 radical (unpaired) electrons. The third kappa shape index (κ3) is 4.02. The molecule has 1 aliphatic carbocycles. The molecule has 25 heavy (non-hydrogen) atoms. The Morgan fingerprint density at radius 2 is 1.64 bits per heavy atom. The summed E-state index contributed by atoms with van der Waals surface area (Å²) >= 11 is 0. The Kier molecular flexibility index (Phi) is 5.39. The lowest BCUT2D eigenvalue weighted by molar-refractivity contribution is 0.136. The summed E-state index contributed by atoms with van der Waals surface area (Å²) in [6, 6.07) is 16.6. The Balaban J connectivity index is 1.61. The smallest absolute Gasteiger partial charge is 0.407 e. The van der Waals surface area contributed by atoms with E-state index in [1.807, 2.05) is 31.2 Å². The Bertz CT molecular complexity index is 696. The maximum Gasteiger partial charge on any atom is 0.407 e. The van der Waals surface area contributed by atoms with Crippen molar-refractivity contribution in [1.29, 1.82) is 0 Å². The molecule has 4 heteroatoms. The number of nitrogens with one attached hydrogen (secondary N) is 1. The molecule has 0 saturated carbocycles. The van der Waals surface area contributed by atoms with Gasteiger partial charge < -0.3 is 15.2 Å². The molecule has 0 saturated heterocycles. The summed E-state index contributed by atoms with van der Waals surface area (Å²) in [6.07, 6.45) is -0.109. The van der Waals surface area contributed by atoms with Crippen LogP contribution < -0.4 is 5.32 Å². The number of carbonyl (C=O) groups excluding carboxylic acids is 1. The highest BCUT2D eigenvalue weighted by atomic mass is 16.5. The van der Waals surface area contributed by atoms with Crippen LogP contribution in [0.2, 0.25) is 0 Å². The summed E-state index contributed by atoms with van der Waals surface area (Å²) in [6.45, 7) is 4.58. The summed E-state index contributed by atoms with van der Waals surface area (Å²) in [5.41, 5.74) is 4.85. The van der Waals surface area contributed by atoms with Gasteiger partial charge in [0.25, 0.3) is 0 Å². The van der Waals surface area contributed by atoms with Gasteiger partial charge in [0.1, 0.15) is 6.61 Å². The average Bonchev–Trinajstić information content (AvgIpc) is 2.92. The van der Waals surface area contributed by atoms with Gasteiger partial charge in [-0.2, -0.15) is 0 Å². The summed E-state index contributed by atoms with van der Waals surface area (Å²) in [4.78, 5) is 12.0. The number of rotatable bonds is 6. The average molecular weight is 339 g/mol. The first-order valence-electron chi connectivity index (χ1n) is 8.83. The van der Waals surface area contributed by atoms with Gasteiger partial charge in [-0.25, -0.2) is 4.79 Å². The molecule has 2 unspecified atom stereocenters. The lowest BCUT2D eigenvalue weighted by Crippen LogP contribution is -2.31. The fourth-order valence-electron chi connectivity index (χ4n) is 3.57. The molecule has 1 amide bonds. The molecular weight excluding hydrogens is 314 g/mol. The maximum atomic E-state index is 12.0. The second kappa shape index (κ2) is 7.70. The van der Waals surface area contributed by atoms with Crippen molar-refractivity contribution in [3.05, 3.63) is 59.7 Å². The molecule has 2 atom stereocenters. The van der Waals surface area contributed by atoms with Gasteiger partial charge in [0.15, 0.2) is 0 Å². The fourth-order valence-corrected chi connectivity index (χ4v) is 3.57. The largest absolute Gasteiger partial charge is 0.449 e. The number of ether oxygens (including phenoxy) is 1. The molecule has 2 N–H and O–H groups in total. The van der Waals surface area contributed by atoms with Gasteiger partial charge in [-0.3, -0.25) is 0 Å². The molecule has 1 aliphatic rings. The molecule has 2 aromatic carbocycles. The number of hydrogen-bond acceptors (Lipinski definition) is 3. The van der Waals surface area contributed by atoms with E-state index < -0.39 is 6.09 Å². The van der Waals surface area contributed by atoms with E-state index in [1.165, 1.54) is 22.3 Å². The zero-order valence-corrected chi connectivity index (χ0v) is 14.7. The van der Waals surface area contributed by atoms with Gasteiger partial charge in [0.05, 0.1) is 6.10 Å². The number of fused-ring (bicyclic) bond motifs is 3. The fraction of sp³-hybridized carbons (Fsp3) is 0.381. The Morgan fingerprint density at radius 3 is 2.20 bits per heavy atom. The van der Waals surface area contributed by atoms with E-state index in [2.05, 4.69) is 29.6 Å². The van der Waals surface area contributed by atoms with Crippen molar-refractivity contribution in [2.75, 3.05) is 13.2 Å². The lowest BCUT2D eigenvalue weighted by atomic mass is 9.98. The quantitative estimate of drug-likeness (QED) is 0.838. The second-order valence-corrected chi connectivity index (χ2v) is 6.90. The van der Waals surface area contributed by atoms with Gasteiger partial charge >= 0.3 is 6.09 Å². The zero-order chi connectivity index (χ0) is 17.8. The highest BCUT2D eigenvalue weighted by Gasteiger charge is 2.28. The van der Waals surface area contributed by atoms with Crippen molar-refractivity contribution in [3.63, 3.8) is 0 Å². The topological polar surface area (TPSA) is 58.6 Å². The Morgan fingerprint density at radius 1 is 1.08 bits per heavy atom. The minimum absolute atomic E-state index is 0.0769. The normalized spacial score (nSPS) is 15.2. The van der Waals surface area contributed by atoms with Crippen molar-refractivity contribution in [1.82, 2.24) is 5.32 Å². The van der Waals surface area contributed by atoms with Gasteiger partial charge in [-0.05, 0) is 41.5 Å². The molecule has 0 aliphatic heterocycles. The first kappa shape index (κ1) is 17.5. The molecule has 0 spiro atoms. The highest BCUT2D eigenvalue weighted by molar-refractivity contribution is 5.79. The Labute approximate surface area is 148 Å². The van der Waals surface area contributed by atoms with Crippen LogP contribution in [0.25, 0.3) is 11.1 Å². The van der Waals surface area contributed by atoms with E-state index in [0.29, 0.717) is 19.6 Å². The molecule has 3 rings (SSSR count). The molecular formula is C21H25NO3. The van der Waals surface area contributed by atoms with Crippen LogP contribution in [-0.2, 0) is 4.74 Å². The molecule has 0 fully saturated rings. The zero-order valence-electron chi connectivity index (χ0n) is 14.7. The van der Waals surface area contributed by atoms with Crippen LogP contribution in [-0.4, -0.2) is 30.5 Å². The van der Waals surface area contributed by atoms with Gasteiger partial charge in [0, 0.05) is 12.5 Å². The number of carbonyl (C=O) groups is 1. The van der Waals surface area contributed by atoms with E-state index in [0.717, 1.165) is 0 Å². The van der Waals surface area contributed by atoms with Gasteiger partial charge in [0.2, 0.25) is 0 Å². The number of aliphatic hydroxyl groups is 1. The van der Waals surface area contributed by atoms with E-state index in [9.17, 15) is 9.90 Å². The molecule has 0 bridgehead atoms. The third-order valence-electron chi connectivity index (χ3n) is 4.68. The minimum atomic E-state index is -0.403.